The molecule has 0 nitrogen and oxygen atoms in total. The largest absolute Gasteiger partial charge is 0.416 e. The third-order valence-corrected chi connectivity index (χ3v) is 3.04. The van der Waals surface area contributed by atoms with Crippen LogP contribution in [0.25, 0.3) is 11.1 Å². The van der Waals surface area contributed by atoms with Crippen LogP contribution in [0.15, 0.2) is 36.4 Å². The van der Waals surface area contributed by atoms with Gasteiger partial charge in [0.05, 0.1) is 5.56 Å². The van der Waals surface area contributed by atoms with Gasteiger partial charge in [0.25, 0.3) is 0 Å². The molecule has 0 heterocycles. The Labute approximate surface area is 115 Å². The van der Waals surface area contributed by atoms with E-state index < -0.39 is 17.6 Å². The van der Waals surface area contributed by atoms with Gasteiger partial charge in [0.1, 0.15) is 5.82 Å². The number of alkyl halides is 3. The predicted molar refractivity (Wildman–Crippen MR) is 69.8 cm³/mol. The molecule has 0 spiro atoms. The van der Waals surface area contributed by atoms with E-state index in [2.05, 4.69) is 6.07 Å². The molecule has 0 aliphatic rings. The number of halogens is 4. The van der Waals surface area contributed by atoms with Crippen LogP contribution in [0.2, 0.25) is 0 Å². The van der Waals surface area contributed by atoms with Crippen LogP contribution in [0.5, 0.6) is 0 Å². The summed E-state index contributed by atoms with van der Waals surface area (Å²) in [6.45, 7) is 3.59. The molecule has 0 fully saturated rings. The molecule has 2 aromatic rings. The Morgan fingerprint density at radius 2 is 1.80 bits per heavy atom. The molecule has 0 unspecified atom stereocenters. The molecule has 0 atom stereocenters. The van der Waals surface area contributed by atoms with E-state index in [-0.39, 0.29) is 5.92 Å². The van der Waals surface area contributed by atoms with Crippen molar-refractivity contribution in [2.24, 2.45) is 0 Å². The zero-order valence-electron chi connectivity index (χ0n) is 11.1. The Balaban J connectivity index is 2.61. The molecule has 0 saturated heterocycles. The van der Waals surface area contributed by atoms with Crippen LogP contribution in [0.4, 0.5) is 17.6 Å². The van der Waals surface area contributed by atoms with Crippen molar-refractivity contribution in [2.45, 2.75) is 25.9 Å². The van der Waals surface area contributed by atoms with E-state index in [0.29, 0.717) is 16.7 Å². The van der Waals surface area contributed by atoms with Gasteiger partial charge in [0, 0.05) is 0 Å². The second-order valence-corrected chi connectivity index (χ2v) is 4.85. The Morgan fingerprint density at radius 3 is 2.40 bits per heavy atom. The summed E-state index contributed by atoms with van der Waals surface area (Å²) >= 11 is 0. The number of benzene rings is 2. The fourth-order valence-corrected chi connectivity index (χ4v) is 2.14. The first-order valence-corrected chi connectivity index (χ1v) is 6.18. The predicted octanol–water partition coefficient (Wildman–Crippen LogP) is 5.44. The minimum absolute atomic E-state index is 0.142. The van der Waals surface area contributed by atoms with E-state index in [4.69, 9.17) is 0 Å². The van der Waals surface area contributed by atoms with E-state index in [1.807, 2.05) is 0 Å². The van der Waals surface area contributed by atoms with Gasteiger partial charge in [0.2, 0.25) is 0 Å². The lowest BCUT2D eigenvalue weighted by atomic mass is 9.91. The molecule has 2 aromatic carbocycles. The summed E-state index contributed by atoms with van der Waals surface area (Å²) in [5, 5.41) is 0. The van der Waals surface area contributed by atoms with Crippen LogP contribution in [0, 0.1) is 11.9 Å². The van der Waals surface area contributed by atoms with Gasteiger partial charge in [-0.1, -0.05) is 32.0 Å². The Kier molecular flexibility index (Phi) is 3.84. The summed E-state index contributed by atoms with van der Waals surface area (Å²) in [6.07, 6.45) is -4.42. The lowest BCUT2D eigenvalue weighted by Gasteiger charge is -2.15. The summed E-state index contributed by atoms with van der Waals surface area (Å²) < 4.78 is 52.1. The average molecular weight is 281 g/mol. The SMILES string of the molecule is CC(C)c1c(-c2cccc(C(F)(F)F)c2)[c]ccc1F. The first-order valence-electron chi connectivity index (χ1n) is 6.18. The van der Waals surface area contributed by atoms with E-state index >= 15 is 0 Å². The molecule has 20 heavy (non-hydrogen) atoms. The maximum absolute atomic E-state index is 13.9. The molecule has 0 bridgehead atoms. The minimum atomic E-state index is -4.42. The highest BCUT2D eigenvalue weighted by atomic mass is 19.4. The third kappa shape index (κ3) is 2.84. The zero-order valence-corrected chi connectivity index (χ0v) is 11.1. The van der Waals surface area contributed by atoms with Crippen molar-refractivity contribution >= 4 is 0 Å². The first-order chi connectivity index (χ1) is 9.30. The molecule has 0 N–H and O–H groups in total. The van der Waals surface area contributed by atoms with Crippen molar-refractivity contribution in [3.63, 3.8) is 0 Å². The van der Waals surface area contributed by atoms with Crippen LogP contribution in [0.3, 0.4) is 0 Å². The second-order valence-electron chi connectivity index (χ2n) is 4.85. The molecule has 105 valence electrons. The van der Waals surface area contributed by atoms with Gasteiger partial charge in [0.15, 0.2) is 0 Å². The maximum atomic E-state index is 13.9. The van der Waals surface area contributed by atoms with Gasteiger partial charge in [-0.2, -0.15) is 13.2 Å². The van der Waals surface area contributed by atoms with Gasteiger partial charge < -0.3 is 0 Å². The Morgan fingerprint density at radius 1 is 1.10 bits per heavy atom. The van der Waals surface area contributed by atoms with Crippen molar-refractivity contribution in [1.82, 2.24) is 0 Å². The summed E-state index contributed by atoms with van der Waals surface area (Å²) in [4.78, 5) is 0. The lowest BCUT2D eigenvalue weighted by molar-refractivity contribution is -0.137. The molecular weight excluding hydrogens is 268 g/mol. The van der Waals surface area contributed by atoms with Crippen molar-refractivity contribution in [1.29, 1.82) is 0 Å². The standard InChI is InChI=1S/C16H13F4/c1-10(2)15-13(7-4-8-14(15)17)11-5-3-6-12(9-11)16(18,19)20/h3-6,8-10H,1-2H3. The molecule has 0 aliphatic carbocycles. The topological polar surface area (TPSA) is 0 Å². The van der Waals surface area contributed by atoms with Gasteiger partial charge >= 0.3 is 6.18 Å². The summed E-state index contributed by atoms with van der Waals surface area (Å²) in [5.74, 6) is -0.567. The highest BCUT2D eigenvalue weighted by molar-refractivity contribution is 5.68. The molecule has 4 heteroatoms. The van der Waals surface area contributed by atoms with Crippen molar-refractivity contribution in [3.8, 4) is 11.1 Å². The number of rotatable bonds is 2. The zero-order chi connectivity index (χ0) is 14.9. The third-order valence-electron chi connectivity index (χ3n) is 3.04. The summed E-state index contributed by atoms with van der Waals surface area (Å²) in [7, 11) is 0. The molecule has 0 aromatic heterocycles. The summed E-state index contributed by atoms with van der Waals surface area (Å²) in [6, 6.07) is 10.4. The van der Waals surface area contributed by atoms with E-state index in [0.717, 1.165) is 12.1 Å². The molecule has 1 radical (unpaired) electrons. The highest BCUT2D eigenvalue weighted by Crippen LogP contribution is 2.35. The van der Waals surface area contributed by atoms with Crippen molar-refractivity contribution in [2.75, 3.05) is 0 Å². The Hall–Kier alpha value is -1.84. The van der Waals surface area contributed by atoms with Crippen LogP contribution in [-0.4, -0.2) is 0 Å². The van der Waals surface area contributed by atoms with E-state index in [1.165, 1.54) is 24.3 Å². The van der Waals surface area contributed by atoms with Crippen molar-refractivity contribution < 1.29 is 17.6 Å². The molecule has 0 aliphatic heterocycles. The average Bonchev–Trinajstić information content (AvgIpc) is 2.37. The molecule has 0 saturated carbocycles. The van der Waals surface area contributed by atoms with Crippen molar-refractivity contribution in [3.05, 3.63) is 59.4 Å². The van der Waals surface area contributed by atoms with Gasteiger partial charge in [-0.25, -0.2) is 4.39 Å². The van der Waals surface area contributed by atoms with Gasteiger partial charge in [-0.3, -0.25) is 0 Å². The molecular formula is C16H13F4. The second kappa shape index (κ2) is 5.27. The van der Waals surface area contributed by atoms with E-state index in [9.17, 15) is 17.6 Å². The van der Waals surface area contributed by atoms with E-state index in [1.54, 1.807) is 13.8 Å². The Bertz CT molecular complexity index is 612. The summed E-state index contributed by atoms with van der Waals surface area (Å²) in [5.41, 5.74) is 0.336. The van der Waals surface area contributed by atoms with Crippen LogP contribution in [-0.2, 0) is 6.18 Å². The smallest absolute Gasteiger partial charge is 0.207 e. The fourth-order valence-electron chi connectivity index (χ4n) is 2.14. The van der Waals surface area contributed by atoms with Gasteiger partial charge in [-0.05, 0) is 46.9 Å². The lowest BCUT2D eigenvalue weighted by Crippen LogP contribution is -2.05. The van der Waals surface area contributed by atoms with Crippen LogP contribution >= 0.6 is 0 Å². The number of hydrogen-bond donors (Lipinski definition) is 0. The molecule has 2 rings (SSSR count). The minimum Gasteiger partial charge on any atom is -0.207 e. The first kappa shape index (κ1) is 14.6. The highest BCUT2D eigenvalue weighted by Gasteiger charge is 2.30. The maximum Gasteiger partial charge on any atom is 0.416 e. The normalized spacial score (nSPS) is 11.9. The monoisotopic (exact) mass is 281 g/mol. The quantitative estimate of drug-likeness (QED) is 0.643. The van der Waals surface area contributed by atoms with Gasteiger partial charge in [-0.15, -0.1) is 0 Å². The fraction of sp³-hybridized carbons (Fsp3) is 0.250. The van der Waals surface area contributed by atoms with Crippen LogP contribution < -0.4 is 0 Å². The number of hydrogen-bond acceptors (Lipinski definition) is 0. The molecule has 0 amide bonds. The van der Waals surface area contributed by atoms with Crippen LogP contribution in [0.1, 0.15) is 30.9 Å².